The van der Waals surface area contributed by atoms with Gasteiger partial charge in [0, 0.05) is 9.77 Å². The van der Waals surface area contributed by atoms with Crippen molar-refractivity contribution in [3.8, 4) is 0 Å². The summed E-state index contributed by atoms with van der Waals surface area (Å²) in [5, 5.41) is 1.00. The van der Waals surface area contributed by atoms with Crippen LogP contribution in [0.1, 0.15) is 22.0 Å². The molecule has 3 aromatic rings. The highest BCUT2D eigenvalue weighted by atomic mass is 32.2. The van der Waals surface area contributed by atoms with Crippen molar-refractivity contribution in [3.05, 3.63) is 34.4 Å². The average Bonchev–Trinajstić information content (AvgIpc) is 2.92. The molecule has 0 aromatic carbocycles. The fourth-order valence-electron chi connectivity index (χ4n) is 2.06. The zero-order valence-electron chi connectivity index (χ0n) is 11.6. The Balaban J connectivity index is 1.91. The largest absolute Gasteiger partial charge is 0.468 e. The van der Waals surface area contributed by atoms with Gasteiger partial charge in [-0.2, -0.15) is 0 Å². The molecular formula is C14H15N3OS2. The number of furan rings is 1. The van der Waals surface area contributed by atoms with Crippen molar-refractivity contribution in [2.45, 2.75) is 31.4 Å². The minimum atomic E-state index is 0.580. The van der Waals surface area contributed by atoms with Gasteiger partial charge in [0.05, 0.1) is 17.4 Å². The predicted octanol–water partition coefficient (Wildman–Crippen LogP) is 4.08. The number of fused-ring (bicyclic) bond motifs is 1. The van der Waals surface area contributed by atoms with Crippen molar-refractivity contribution < 1.29 is 4.42 Å². The van der Waals surface area contributed by atoms with E-state index in [-0.39, 0.29) is 0 Å². The monoisotopic (exact) mass is 305 g/mol. The first-order valence-corrected chi connectivity index (χ1v) is 8.05. The van der Waals surface area contributed by atoms with Gasteiger partial charge in [-0.25, -0.2) is 9.97 Å². The van der Waals surface area contributed by atoms with E-state index < -0.39 is 0 Å². The van der Waals surface area contributed by atoms with Gasteiger partial charge in [-0.05, 0) is 32.4 Å². The number of nitrogens with two attached hydrogens (primary N) is 1. The highest BCUT2D eigenvalue weighted by Crippen LogP contribution is 2.33. The SMILES string of the molecule is Cc1occc1SCc1nc(N)c2c(C)c(C)sc2n1. The van der Waals surface area contributed by atoms with Crippen LogP contribution in [0.5, 0.6) is 0 Å². The number of thiophene rings is 1. The first kappa shape index (κ1) is 13.5. The van der Waals surface area contributed by atoms with Gasteiger partial charge in [0.15, 0.2) is 0 Å². The van der Waals surface area contributed by atoms with Gasteiger partial charge in [0.2, 0.25) is 0 Å². The Labute approximate surface area is 125 Å². The summed E-state index contributed by atoms with van der Waals surface area (Å²) in [7, 11) is 0. The first-order chi connectivity index (χ1) is 9.56. The van der Waals surface area contributed by atoms with Crippen molar-refractivity contribution in [2.24, 2.45) is 0 Å². The normalized spacial score (nSPS) is 11.3. The van der Waals surface area contributed by atoms with Crippen molar-refractivity contribution in [3.63, 3.8) is 0 Å². The molecular weight excluding hydrogens is 290 g/mol. The molecule has 0 unspecified atom stereocenters. The van der Waals surface area contributed by atoms with Crippen molar-refractivity contribution in [1.29, 1.82) is 0 Å². The number of aromatic nitrogens is 2. The zero-order valence-corrected chi connectivity index (χ0v) is 13.2. The molecule has 0 aliphatic rings. The molecule has 3 rings (SSSR count). The predicted molar refractivity (Wildman–Crippen MR) is 84.3 cm³/mol. The molecule has 3 heterocycles. The Morgan fingerprint density at radius 2 is 2.10 bits per heavy atom. The number of aryl methyl sites for hydroxylation is 3. The molecule has 4 nitrogen and oxygen atoms in total. The summed E-state index contributed by atoms with van der Waals surface area (Å²) in [5.74, 6) is 2.96. The van der Waals surface area contributed by atoms with Gasteiger partial charge in [-0.1, -0.05) is 0 Å². The topological polar surface area (TPSA) is 64.9 Å². The smallest absolute Gasteiger partial charge is 0.142 e. The number of anilines is 1. The number of rotatable bonds is 3. The Hall–Kier alpha value is -1.53. The van der Waals surface area contributed by atoms with Crippen LogP contribution < -0.4 is 5.73 Å². The van der Waals surface area contributed by atoms with Crippen molar-refractivity contribution >= 4 is 39.1 Å². The minimum absolute atomic E-state index is 0.580. The third-order valence-electron chi connectivity index (χ3n) is 3.27. The van der Waals surface area contributed by atoms with E-state index >= 15 is 0 Å². The van der Waals surface area contributed by atoms with Gasteiger partial charge >= 0.3 is 0 Å². The molecule has 0 saturated heterocycles. The molecule has 0 aliphatic heterocycles. The maximum absolute atomic E-state index is 6.08. The van der Waals surface area contributed by atoms with E-state index in [0.717, 1.165) is 26.7 Å². The molecule has 0 spiro atoms. The van der Waals surface area contributed by atoms with E-state index in [9.17, 15) is 0 Å². The van der Waals surface area contributed by atoms with Crippen LogP contribution in [-0.4, -0.2) is 9.97 Å². The second-order valence-electron chi connectivity index (χ2n) is 4.62. The average molecular weight is 305 g/mol. The van der Waals surface area contributed by atoms with Crippen LogP contribution in [0.4, 0.5) is 5.82 Å². The summed E-state index contributed by atoms with van der Waals surface area (Å²) >= 11 is 3.34. The quantitative estimate of drug-likeness (QED) is 0.738. The highest BCUT2D eigenvalue weighted by Gasteiger charge is 2.13. The Bertz CT molecular complexity index is 776. The molecule has 6 heteroatoms. The summed E-state index contributed by atoms with van der Waals surface area (Å²) in [6.07, 6.45) is 1.70. The van der Waals surface area contributed by atoms with Crippen LogP contribution in [0.3, 0.4) is 0 Å². The van der Waals surface area contributed by atoms with Crippen LogP contribution in [0.2, 0.25) is 0 Å². The van der Waals surface area contributed by atoms with Crippen LogP contribution in [0.25, 0.3) is 10.2 Å². The van der Waals surface area contributed by atoms with E-state index in [2.05, 4.69) is 23.8 Å². The van der Waals surface area contributed by atoms with Crippen LogP contribution in [0, 0.1) is 20.8 Å². The molecule has 0 aliphatic carbocycles. The Kier molecular flexibility index (Phi) is 3.43. The molecule has 104 valence electrons. The molecule has 2 N–H and O–H groups in total. The maximum Gasteiger partial charge on any atom is 0.142 e. The molecule has 0 amide bonds. The fourth-order valence-corrected chi connectivity index (χ4v) is 3.93. The van der Waals surface area contributed by atoms with E-state index in [4.69, 9.17) is 10.2 Å². The molecule has 0 atom stereocenters. The molecule has 0 saturated carbocycles. The number of nitrogens with zero attached hydrogens (tertiary/aromatic N) is 2. The standard InChI is InChI=1S/C14H15N3OS2/c1-7-9(3)20-14-12(7)13(15)16-11(17-14)6-19-10-4-5-18-8(10)2/h4-5H,6H2,1-3H3,(H2,15,16,17). The minimum Gasteiger partial charge on any atom is -0.468 e. The number of thioether (sulfide) groups is 1. The molecule has 0 fully saturated rings. The highest BCUT2D eigenvalue weighted by molar-refractivity contribution is 7.98. The van der Waals surface area contributed by atoms with E-state index in [1.54, 1.807) is 29.4 Å². The summed E-state index contributed by atoms with van der Waals surface area (Å²) in [6.45, 7) is 6.11. The van der Waals surface area contributed by atoms with E-state index in [1.807, 2.05) is 13.0 Å². The lowest BCUT2D eigenvalue weighted by molar-refractivity contribution is 0.527. The van der Waals surface area contributed by atoms with Crippen molar-refractivity contribution in [1.82, 2.24) is 9.97 Å². The lowest BCUT2D eigenvalue weighted by atomic mass is 10.2. The third kappa shape index (κ3) is 2.29. The van der Waals surface area contributed by atoms with Gasteiger partial charge in [0.1, 0.15) is 22.2 Å². The summed E-state index contributed by atoms with van der Waals surface area (Å²) in [5.41, 5.74) is 7.27. The fraction of sp³-hybridized carbons (Fsp3) is 0.286. The van der Waals surface area contributed by atoms with Crippen molar-refractivity contribution in [2.75, 3.05) is 5.73 Å². The lowest BCUT2D eigenvalue weighted by Gasteiger charge is -2.03. The third-order valence-corrected chi connectivity index (χ3v) is 5.51. The maximum atomic E-state index is 6.08. The second-order valence-corrected chi connectivity index (χ2v) is 6.84. The first-order valence-electron chi connectivity index (χ1n) is 6.25. The molecule has 3 aromatic heterocycles. The lowest BCUT2D eigenvalue weighted by Crippen LogP contribution is -1.99. The molecule has 0 bridgehead atoms. The zero-order chi connectivity index (χ0) is 14.3. The van der Waals surface area contributed by atoms with Gasteiger partial charge in [-0.15, -0.1) is 23.1 Å². The van der Waals surface area contributed by atoms with Crippen LogP contribution >= 0.6 is 23.1 Å². The Morgan fingerprint density at radius 3 is 2.80 bits per heavy atom. The van der Waals surface area contributed by atoms with Gasteiger partial charge < -0.3 is 10.2 Å². The summed E-state index contributed by atoms with van der Waals surface area (Å²) in [6, 6.07) is 1.96. The van der Waals surface area contributed by atoms with Crippen LogP contribution in [0.15, 0.2) is 21.6 Å². The van der Waals surface area contributed by atoms with Crippen LogP contribution in [-0.2, 0) is 5.75 Å². The van der Waals surface area contributed by atoms with E-state index in [0.29, 0.717) is 11.6 Å². The number of hydrogen-bond acceptors (Lipinski definition) is 6. The summed E-state index contributed by atoms with van der Waals surface area (Å²) in [4.78, 5) is 12.4. The number of nitrogen functional groups attached to an aromatic ring is 1. The van der Waals surface area contributed by atoms with Gasteiger partial charge in [-0.3, -0.25) is 0 Å². The summed E-state index contributed by atoms with van der Waals surface area (Å²) < 4.78 is 5.28. The molecule has 20 heavy (non-hydrogen) atoms. The second kappa shape index (κ2) is 5.10. The Morgan fingerprint density at radius 1 is 1.30 bits per heavy atom. The van der Waals surface area contributed by atoms with E-state index in [1.165, 1.54) is 10.4 Å². The van der Waals surface area contributed by atoms with Gasteiger partial charge in [0.25, 0.3) is 0 Å². The molecule has 0 radical (unpaired) electrons. The number of hydrogen-bond donors (Lipinski definition) is 1.